The van der Waals surface area contributed by atoms with Gasteiger partial charge in [-0.05, 0) is 62.4 Å². The molecule has 0 aromatic heterocycles. The van der Waals surface area contributed by atoms with Crippen LogP contribution in [0, 0.1) is 0 Å². The van der Waals surface area contributed by atoms with Crippen molar-refractivity contribution >= 4 is 23.2 Å². The van der Waals surface area contributed by atoms with E-state index in [2.05, 4.69) is 29.0 Å². The molecule has 3 N–H and O–H groups in total. The molecule has 2 amide bonds. The number of piperazine rings is 1. The van der Waals surface area contributed by atoms with E-state index in [4.69, 9.17) is 10.5 Å². The van der Waals surface area contributed by atoms with Gasteiger partial charge in [-0.3, -0.25) is 14.5 Å². The Morgan fingerprint density at radius 3 is 2.20 bits per heavy atom. The van der Waals surface area contributed by atoms with Crippen LogP contribution in [0.2, 0.25) is 0 Å². The third-order valence-electron chi connectivity index (χ3n) is 5.27. The Balaban J connectivity index is 1.51. The second-order valence-electron chi connectivity index (χ2n) is 7.71. The smallest absolute Gasteiger partial charge is 0.255 e. The lowest BCUT2D eigenvalue weighted by Crippen LogP contribution is -2.48. The molecule has 2 aromatic rings. The van der Waals surface area contributed by atoms with E-state index < -0.39 is 5.91 Å². The number of nitrogens with zero attached hydrogens (tertiary/aromatic N) is 2. The first-order valence-corrected chi connectivity index (χ1v) is 10.3. The summed E-state index contributed by atoms with van der Waals surface area (Å²) in [6.45, 7) is 8.81. The fourth-order valence-electron chi connectivity index (χ4n) is 3.43. The molecule has 30 heavy (non-hydrogen) atoms. The fourth-order valence-corrected chi connectivity index (χ4v) is 3.43. The Hall–Kier alpha value is -3.06. The number of anilines is 2. The van der Waals surface area contributed by atoms with Crippen molar-refractivity contribution in [1.82, 2.24) is 4.90 Å². The van der Waals surface area contributed by atoms with Crippen LogP contribution in [0.25, 0.3) is 0 Å². The molecular formula is C23H30N4O3. The lowest BCUT2D eigenvalue weighted by molar-refractivity contribution is -0.118. The molecule has 0 aliphatic carbocycles. The maximum absolute atomic E-state index is 12.5. The predicted molar refractivity (Wildman–Crippen MR) is 119 cm³/mol. The lowest BCUT2D eigenvalue weighted by atomic mass is 10.1. The average Bonchev–Trinajstić information content (AvgIpc) is 2.75. The van der Waals surface area contributed by atoms with Crippen LogP contribution in [-0.2, 0) is 4.79 Å². The quantitative estimate of drug-likeness (QED) is 0.699. The van der Waals surface area contributed by atoms with E-state index >= 15 is 0 Å². The van der Waals surface area contributed by atoms with E-state index in [1.54, 1.807) is 24.3 Å². The monoisotopic (exact) mass is 410 g/mol. The zero-order valence-corrected chi connectivity index (χ0v) is 17.6. The number of ether oxygens (including phenoxy) is 1. The van der Waals surface area contributed by atoms with E-state index in [0.717, 1.165) is 31.9 Å². The van der Waals surface area contributed by atoms with Crippen molar-refractivity contribution in [2.45, 2.75) is 26.3 Å². The van der Waals surface area contributed by atoms with Gasteiger partial charge in [-0.15, -0.1) is 0 Å². The number of hydrogen-bond acceptors (Lipinski definition) is 5. The Morgan fingerprint density at radius 1 is 1.00 bits per heavy atom. The number of carbonyl (C=O) groups excluding carboxylic acids is 2. The van der Waals surface area contributed by atoms with Gasteiger partial charge in [0.1, 0.15) is 5.75 Å². The molecule has 160 valence electrons. The van der Waals surface area contributed by atoms with Crippen molar-refractivity contribution in [1.29, 1.82) is 0 Å². The van der Waals surface area contributed by atoms with Crippen molar-refractivity contribution in [3.8, 4) is 5.75 Å². The van der Waals surface area contributed by atoms with E-state index in [0.29, 0.717) is 23.0 Å². The SMILES string of the molecule is CC(C)N1CCN(c2ccc(C(=O)Nc3ccc(OCCC(N)=O)cc3)cc2)CC1. The molecule has 0 unspecified atom stereocenters. The number of amides is 2. The highest BCUT2D eigenvalue weighted by atomic mass is 16.5. The van der Waals surface area contributed by atoms with Crippen molar-refractivity contribution in [3.05, 3.63) is 54.1 Å². The predicted octanol–water partition coefficient (Wildman–Crippen LogP) is 2.72. The van der Waals surface area contributed by atoms with Crippen LogP contribution in [0.4, 0.5) is 11.4 Å². The molecule has 1 aliphatic heterocycles. The van der Waals surface area contributed by atoms with Crippen molar-refractivity contribution in [3.63, 3.8) is 0 Å². The summed E-state index contributed by atoms with van der Waals surface area (Å²) in [6, 6.07) is 15.3. The van der Waals surface area contributed by atoms with Gasteiger partial charge < -0.3 is 20.7 Å². The molecule has 0 saturated carbocycles. The Morgan fingerprint density at radius 2 is 1.63 bits per heavy atom. The number of rotatable bonds is 8. The van der Waals surface area contributed by atoms with Gasteiger partial charge in [-0.1, -0.05) is 0 Å². The molecule has 1 heterocycles. The zero-order valence-electron chi connectivity index (χ0n) is 17.6. The first-order valence-electron chi connectivity index (χ1n) is 10.3. The molecule has 0 atom stereocenters. The third kappa shape index (κ3) is 5.97. The van der Waals surface area contributed by atoms with E-state index in [-0.39, 0.29) is 18.9 Å². The summed E-state index contributed by atoms with van der Waals surface area (Å²) in [5, 5.41) is 2.89. The summed E-state index contributed by atoms with van der Waals surface area (Å²) >= 11 is 0. The molecule has 3 rings (SSSR count). The second kappa shape index (κ2) is 10.1. The van der Waals surface area contributed by atoms with Crippen LogP contribution >= 0.6 is 0 Å². The Kier molecular flexibility index (Phi) is 7.30. The molecule has 0 bridgehead atoms. The van der Waals surface area contributed by atoms with Crippen molar-refractivity contribution in [2.75, 3.05) is 43.0 Å². The van der Waals surface area contributed by atoms with E-state index in [1.165, 1.54) is 0 Å². The number of primary amides is 1. The molecule has 1 aliphatic rings. The molecule has 0 radical (unpaired) electrons. The topological polar surface area (TPSA) is 87.9 Å². The minimum absolute atomic E-state index is 0.159. The number of nitrogens with one attached hydrogen (secondary N) is 1. The highest BCUT2D eigenvalue weighted by molar-refractivity contribution is 6.04. The number of carbonyl (C=O) groups is 2. The summed E-state index contributed by atoms with van der Waals surface area (Å²) in [4.78, 5) is 28.1. The minimum Gasteiger partial charge on any atom is -0.493 e. The second-order valence-corrected chi connectivity index (χ2v) is 7.71. The number of benzene rings is 2. The first kappa shape index (κ1) is 21.6. The summed E-state index contributed by atoms with van der Waals surface area (Å²) in [6.07, 6.45) is 0.169. The van der Waals surface area contributed by atoms with Crippen LogP contribution in [0.15, 0.2) is 48.5 Å². The van der Waals surface area contributed by atoms with Crippen LogP contribution < -0.4 is 20.7 Å². The normalized spacial score (nSPS) is 14.6. The van der Waals surface area contributed by atoms with Gasteiger partial charge in [0.05, 0.1) is 13.0 Å². The van der Waals surface area contributed by atoms with Crippen LogP contribution in [0.5, 0.6) is 5.75 Å². The third-order valence-corrected chi connectivity index (χ3v) is 5.27. The van der Waals surface area contributed by atoms with E-state index in [9.17, 15) is 9.59 Å². The molecule has 7 heteroatoms. The molecular weight excluding hydrogens is 380 g/mol. The summed E-state index contributed by atoms with van der Waals surface area (Å²) in [5.41, 5.74) is 7.52. The highest BCUT2D eigenvalue weighted by Crippen LogP contribution is 2.20. The molecule has 1 saturated heterocycles. The minimum atomic E-state index is -0.400. The van der Waals surface area contributed by atoms with Gasteiger partial charge >= 0.3 is 0 Å². The Labute approximate surface area is 177 Å². The largest absolute Gasteiger partial charge is 0.493 e. The summed E-state index contributed by atoms with van der Waals surface area (Å²) in [7, 11) is 0. The molecule has 7 nitrogen and oxygen atoms in total. The summed E-state index contributed by atoms with van der Waals surface area (Å²) < 4.78 is 5.43. The van der Waals surface area contributed by atoms with Crippen LogP contribution in [0.3, 0.4) is 0 Å². The molecule has 2 aromatic carbocycles. The number of hydrogen-bond donors (Lipinski definition) is 2. The van der Waals surface area contributed by atoms with Gasteiger partial charge in [-0.25, -0.2) is 0 Å². The standard InChI is InChI=1S/C23H30N4O3/c1-17(2)26-12-14-27(15-13-26)20-7-3-18(4-8-20)23(29)25-19-5-9-21(10-6-19)30-16-11-22(24)28/h3-10,17H,11-16H2,1-2H3,(H2,24,28)(H,25,29). The van der Waals surface area contributed by atoms with Gasteiger partial charge in [0.15, 0.2) is 0 Å². The maximum atomic E-state index is 12.5. The Bertz CT molecular complexity index is 842. The molecule has 1 fully saturated rings. The van der Waals surface area contributed by atoms with Crippen molar-refractivity contribution in [2.24, 2.45) is 5.73 Å². The van der Waals surface area contributed by atoms with Crippen LogP contribution in [0.1, 0.15) is 30.6 Å². The van der Waals surface area contributed by atoms with Crippen molar-refractivity contribution < 1.29 is 14.3 Å². The number of nitrogens with two attached hydrogens (primary N) is 1. The maximum Gasteiger partial charge on any atom is 0.255 e. The van der Waals surface area contributed by atoms with Crippen LogP contribution in [-0.4, -0.2) is 55.5 Å². The fraction of sp³-hybridized carbons (Fsp3) is 0.391. The average molecular weight is 411 g/mol. The van der Waals surface area contributed by atoms with Gasteiger partial charge in [0.25, 0.3) is 5.91 Å². The van der Waals surface area contributed by atoms with Gasteiger partial charge in [0, 0.05) is 49.2 Å². The van der Waals surface area contributed by atoms with Gasteiger partial charge in [0.2, 0.25) is 5.91 Å². The van der Waals surface area contributed by atoms with Gasteiger partial charge in [-0.2, -0.15) is 0 Å². The molecule has 0 spiro atoms. The van der Waals surface area contributed by atoms with E-state index in [1.807, 2.05) is 24.3 Å². The zero-order chi connectivity index (χ0) is 21.5. The lowest BCUT2D eigenvalue weighted by Gasteiger charge is -2.38. The summed E-state index contributed by atoms with van der Waals surface area (Å²) in [5.74, 6) is 0.0625. The first-order chi connectivity index (χ1) is 14.4. The highest BCUT2D eigenvalue weighted by Gasteiger charge is 2.19.